The quantitative estimate of drug-likeness (QED) is 0.742. The Morgan fingerprint density at radius 2 is 1.80 bits per heavy atom. The molecule has 1 aliphatic carbocycles. The molecule has 0 radical (unpaired) electrons. The third kappa shape index (κ3) is 3.20. The van der Waals surface area contributed by atoms with Crippen LogP contribution < -0.4 is 10.1 Å². The lowest BCUT2D eigenvalue weighted by Gasteiger charge is -2.40. The van der Waals surface area contributed by atoms with Gasteiger partial charge in [-0.05, 0) is 48.1 Å². The van der Waals surface area contributed by atoms with Gasteiger partial charge in [0.15, 0.2) is 0 Å². The topological polar surface area (TPSA) is 21.3 Å². The van der Waals surface area contributed by atoms with Gasteiger partial charge in [0.2, 0.25) is 0 Å². The molecule has 132 valence electrons. The largest absolute Gasteiger partial charge is 0.494 e. The molecular weight excluding hydrogens is 306 g/mol. The highest BCUT2D eigenvalue weighted by Crippen LogP contribution is 2.47. The Balaban J connectivity index is 1.58. The average Bonchev–Trinajstić information content (AvgIpc) is 3.13. The fourth-order valence-corrected chi connectivity index (χ4v) is 4.62. The minimum atomic E-state index is 0.298. The molecule has 2 nitrogen and oxygen atoms in total. The van der Waals surface area contributed by atoms with Gasteiger partial charge in [-0.3, -0.25) is 0 Å². The van der Waals surface area contributed by atoms with Crippen LogP contribution in [0.2, 0.25) is 0 Å². The monoisotopic (exact) mass is 335 g/mol. The maximum absolute atomic E-state index is 5.81. The summed E-state index contributed by atoms with van der Waals surface area (Å²) < 4.78 is 5.81. The van der Waals surface area contributed by atoms with Crippen LogP contribution in [-0.2, 0) is 5.41 Å². The van der Waals surface area contributed by atoms with Gasteiger partial charge in [-0.1, -0.05) is 62.6 Å². The Kier molecular flexibility index (Phi) is 4.80. The van der Waals surface area contributed by atoms with Gasteiger partial charge in [0.25, 0.3) is 0 Å². The Labute approximate surface area is 151 Å². The van der Waals surface area contributed by atoms with E-state index < -0.39 is 0 Å². The van der Waals surface area contributed by atoms with Gasteiger partial charge in [0.1, 0.15) is 5.75 Å². The van der Waals surface area contributed by atoms with Crippen LogP contribution in [-0.4, -0.2) is 13.2 Å². The second-order valence-corrected chi connectivity index (χ2v) is 7.66. The van der Waals surface area contributed by atoms with Crippen LogP contribution in [0.4, 0.5) is 0 Å². The number of unbranched alkanes of at least 4 members (excludes halogenated alkanes) is 1. The molecule has 1 aliphatic heterocycles. The van der Waals surface area contributed by atoms with Crippen molar-refractivity contribution in [1.82, 2.24) is 5.32 Å². The molecular formula is C23H29NO. The molecule has 25 heavy (non-hydrogen) atoms. The molecule has 1 atom stereocenters. The van der Waals surface area contributed by atoms with Crippen molar-refractivity contribution in [2.75, 3.05) is 13.2 Å². The Morgan fingerprint density at radius 3 is 2.56 bits per heavy atom. The lowest BCUT2D eigenvalue weighted by Crippen LogP contribution is -2.44. The third-order valence-electron chi connectivity index (χ3n) is 6.03. The van der Waals surface area contributed by atoms with Crippen LogP contribution in [0, 0.1) is 0 Å². The van der Waals surface area contributed by atoms with Gasteiger partial charge < -0.3 is 10.1 Å². The molecule has 0 amide bonds. The van der Waals surface area contributed by atoms with Crippen molar-refractivity contribution in [1.29, 1.82) is 0 Å². The number of hydrogen-bond acceptors (Lipinski definition) is 2. The zero-order valence-corrected chi connectivity index (χ0v) is 15.3. The van der Waals surface area contributed by atoms with E-state index in [2.05, 4.69) is 60.8 Å². The predicted octanol–water partition coefficient (Wildman–Crippen LogP) is 5.37. The number of fused-ring (bicyclic) bond motifs is 2. The number of hydrogen-bond donors (Lipinski definition) is 1. The van der Waals surface area contributed by atoms with Crippen LogP contribution >= 0.6 is 0 Å². The fourth-order valence-electron chi connectivity index (χ4n) is 4.62. The fraction of sp³-hybridized carbons (Fsp3) is 0.478. The predicted molar refractivity (Wildman–Crippen MR) is 103 cm³/mol. The first kappa shape index (κ1) is 16.7. The van der Waals surface area contributed by atoms with Crippen molar-refractivity contribution in [2.45, 2.75) is 56.9 Å². The third-order valence-corrected chi connectivity index (χ3v) is 6.03. The van der Waals surface area contributed by atoms with Crippen LogP contribution in [0.3, 0.4) is 0 Å². The molecule has 2 heteroatoms. The van der Waals surface area contributed by atoms with Gasteiger partial charge >= 0.3 is 0 Å². The molecule has 1 spiro atoms. The standard InChI is InChI=1S/C23H29NO/c1-2-3-16-25-19-12-10-18(11-13-19)22-20-8-4-5-9-21(20)23(17-24-22)14-6-7-15-23/h4-5,8-13,22,24H,2-3,6-7,14-17H2,1H3. The molecule has 2 aromatic carbocycles. The normalized spacial score (nSPS) is 21.2. The SMILES string of the molecule is CCCCOc1ccc(C2NCC3(CCCC3)c3ccccc32)cc1. The zero-order valence-electron chi connectivity index (χ0n) is 15.3. The molecule has 1 fully saturated rings. The van der Waals surface area contributed by atoms with Crippen molar-refractivity contribution in [2.24, 2.45) is 0 Å². The van der Waals surface area contributed by atoms with Crippen molar-refractivity contribution in [3.63, 3.8) is 0 Å². The van der Waals surface area contributed by atoms with Crippen molar-refractivity contribution in [3.8, 4) is 5.75 Å². The number of rotatable bonds is 5. The smallest absolute Gasteiger partial charge is 0.119 e. The minimum Gasteiger partial charge on any atom is -0.494 e. The molecule has 0 bridgehead atoms. The summed E-state index contributed by atoms with van der Waals surface area (Å²) in [6, 6.07) is 18.1. The number of benzene rings is 2. The van der Waals surface area contributed by atoms with E-state index >= 15 is 0 Å². The van der Waals surface area contributed by atoms with Crippen molar-refractivity contribution in [3.05, 3.63) is 65.2 Å². The van der Waals surface area contributed by atoms with E-state index in [9.17, 15) is 0 Å². The zero-order chi connectivity index (χ0) is 17.1. The molecule has 4 rings (SSSR count). The highest BCUT2D eigenvalue weighted by molar-refractivity contribution is 5.45. The van der Waals surface area contributed by atoms with Crippen LogP contribution in [0.1, 0.15) is 68.2 Å². The summed E-state index contributed by atoms with van der Waals surface area (Å²) in [4.78, 5) is 0. The maximum atomic E-state index is 5.81. The second kappa shape index (κ2) is 7.21. The van der Waals surface area contributed by atoms with E-state index in [1.165, 1.54) is 43.2 Å². The van der Waals surface area contributed by atoms with Gasteiger partial charge in [-0.15, -0.1) is 0 Å². The van der Waals surface area contributed by atoms with E-state index in [-0.39, 0.29) is 0 Å². The summed E-state index contributed by atoms with van der Waals surface area (Å²) in [6.45, 7) is 4.10. The molecule has 1 saturated carbocycles. The van der Waals surface area contributed by atoms with E-state index in [0.29, 0.717) is 11.5 Å². The first-order valence-electron chi connectivity index (χ1n) is 9.88. The summed E-state index contributed by atoms with van der Waals surface area (Å²) in [5.41, 5.74) is 4.76. The van der Waals surface area contributed by atoms with E-state index in [1.54, 1.807) is 5.56 Å². The van der Waals surface area contributed by atoms with E-state index in [1.807, 2.05) is 0 Å². The van der Waals surface area contributed by atoms with Gasteiger partial charge in [-0.25, -0.2) is 0 Å². The molecule has 1 unspecified atom stereocenters. The van der Waals surface area contributed by atoms with Crippen molar-refractivity contribution >= 4 is 0 Å². The first-order valence-corrected chi connectivity index (χ1v) is 9.88. The lowest BCUT2D eigenvalue weighted by atomic mass is 9.72. The van der Waals surface area contributed by atoms with Crippen LogP contribution in [0.15, 0.2) is 48.5 Å². The summed E-state index contributed by atoms with van der Waals surface area (Å²) in [5, 5.41) is 3.86. The maximum Gasteiger partial charge on any atom is 0.119 e. The summed E-state index contributed by atoms with van der Waals surface area (Å²) in [6.07, 6.45) is 7.67. The Morgan fingerprint density at radius 1 is 1.04 bits per heavy atom. The average molecular weight is 335 g/mol. The molecule has 2 aliphatic rings. The summed E-state index contributed by atoms with van der Waals surface area (Å²) in [5.74, 6) is 0.980. The van der Waals surface area contributed by atoms with Gasteiger partial charge in [-0.2, -0.15) is 0 Å². The number of ether oxygens (including phenoxy) is 1. The summed E-state index contributed by atoms with van der Waals surface area (Å²) >= 11 is 0. The van der Waals surface area contributed by atoms with Gasteiger partial charge in [0.05, 0.1) is 12.6 Å². The van der Waals surface area contributed by atoms with Crippen molar-refractivity contribution < 1.29 is 4.74 Å². The molecule has 1 N–H and O–H groups in total. The lowest BCUT2D eigenvalue weighted by molar-refractivity contribution is 0.309. The number of nitrogens with one attached hydrogen (secondary N) is 1. The summed E-state index contributed by atoms with van der Waals surface area (Å²) in [7, 11) is 0. The molecule has 0 saturated heterocycles. The Bertz CT molecular complexity index is 700. The molecule has 0 aromatic heterocycles. The van der Waals surface area contributed by atoms with Crippen LogP contribution in [0.5, 0.6) is 5.75 Å². The Hall–Kier alpha value is -1.80. The second-order valence-electron chi connectivity index (χ2n) is 7.66. The first-order chi connectivity index (χ1) is 12.3. The minimum absolute atomic E-state index is 0.298. The van der Waals surface area contributed by atoms with Crippen LogP contribution in [0.25, 0.3) is 0 Å². The highest BCUT2D eigenvalue weighted by atomic mass is 16.5. The van der Waals surface area contributed by atoms with Gasteiger partial charge in [0, 0.05) is 12.0 Å². The molecule has 2 aromatic rings. The van der Waals surface area contributed by atoms with E-state index in [0.717, 1.165) is 25.3 Å². The highest BCUT2D eigenvalue weighted by Gasteiger charge is 2.41. The van der Waals surface area contributed by atoms with E-state index in [4.69, 9.17) is 4.74 Å². The molecule has 1 heterocycles.